The number of amidine groups is 1. The molecule has 2 heterocycles. The lowest BCUT2D eigenvalue weighted by Gasteiger charge is -2.25. The summed E-state index contributed by atoms with van der Waals surface area (Å²) in [5, 5.41) is 20.7. The summed E-state index contributed by atoms with van der Waals surface area (Å²) in [6.07, 6.45) is 6.02. The second kappa shape index (κ2) is 7.40. The first-order valence-corrected chi connectivity index (χ1v) is 10.5. The van der Waals surface area contributed by atoms with Crippen LogP contribution in [0, 0.1) is 0 Å². The normalized spacial score (nSPS) is 19.3. The van der Waals surface area contributed by atoms with Crippen LogP contribution in [0.15, 0.2) is 60.4 Å². The van der Waals surface area contributed by atoms with Crippen molar-refractivity contribution in [2.45, 2.75) is 0 Å². The van der Waals surface area contributed by atoms with E-state index in [9.17, 15) is 19.8 Å². The lowest BCUT2D eigenvalue weighted by Crippen LogP contribution is -2.45. The number of carboxylic acids is 2. The number of anilines is 1. The summed E-state index contributed by atoms with van der Waals surface area (Å²) in [6, 6.07) is 10.2. The predicted molar refractivity (Wildman–Crippen MR) is 128 cm³/mol. The molecule has 2 aromatic carbocycles. The van der Waals surface area contributed by atoms with Crippen LogP contribution >= 0.6 is 0 Å². The first-order valence-electron chi connectivity index (χ1n) is 10.5. The van der Waals surface area contributed by atoms with E-state index < -0.39 is 11.9 Å². The van der Waals surface area contributed by atoms with E-state index >= 15 is 0 Å². The molecule has 8 nitrogen and oxygen atoms in total. The fourth-order valence-corrected chi connectivity index (χ4v) is 4.83. The minimum absolute atomic E-state index is 0.158. The molecular weight excluding hydrogens is 420 g/mol. The van der Waals surface area contributed by atoms with Gasteiger partial charge in [0.15, 0.2) is 5.69 Å². The molecule has 0 bridgehead atoms. The van der Waals surface area contributed by atoms with Crippen LogP contribution in [0.3, 0.4) is 0 Å². The Morgan fingerprint density at radius 2 is 1.64 bits per heavy atom. The number of hydrogen-bond donors (Lipinski definition) is 1. The molecule has 0 atom stereocenters. The van der Waals surface area contributed by atoms with Crippen LogP contribution in [0.5, 0.6) is 0 Å². The Morgan fingerprint density at radius 1 is 1.00 bits per heavy atom. The van der Waals surface area contributed by atoms with Gasteiger partial charge in [-0.15, -0.1) is 4.58 Å². The molecule has 170 valence electrons. The number of benzene rings is 2. The third kappa shape index (κ3) is 3.35. The average Bonchev–Trinajstić information content (AvgIpc) is 3.06. The van der Waals surface area contributed by atoms with E-state index in [0.29, 0.717) is 8.97 Å². The van der Waals surface area contributed by atoms with E-state index in [1.54, 1.807) is 30.3 Å². The van der Waals surface area contributed by atoms with Crippen molar-refractivity contribution in [2.24, 2.45) is 0 Å². The van der Waals surface area contributed by atoms with E-state index in [-0.39, 0.29) is 11.1 Å². The summed E-state index contributed by atoms with van der Waals surface area (Å²) in [4.78, 5) is 24.8. The van der Waals surface area contributed by atoms with Crippen LogP contribution in [0.1, 0.15) is 20.7 Å². The van der Waals surface area contributed by atoms with Gasteiger partial charge in [-0.25, -0.2) is 13.8 Å². The van der Waals surface area contributed by atoms with Gasteiger partial charge >= 0.3 is 11.8 Å². The number of quaternary nitrogens is 2. The molecule has 0 amide bonds. The van der Waals surface area contributed by atoms with Gasteiger partial charge in [-0.3, -0.25) is 4.90 Å². The van der Waals surface area contributed by atoms with Gasteiger partial charge in [0.05, 0.1) is 45.8 Å². The van der Waals surface area contributed by atoms with Crippen molar-refractivity contribution in [3.05, 3.63) is 71.6 Å². The number of nitrogens with zero attached hydrogens (tertiary/aromatic N) is 4. The van der Waals surface area contributed by atoms with Gasteiger partial charge in [0, 0.05) is 36.9 Å². The van der Waals surface area contributed by atoms with Crippen molar-refractivity contribution in [1.29, 1.82) is 0 Å². The molecule has 2 aliphatic heterocycles. The van der Waals surface area contributed by atoms with Crippen LogP contribution in [-0.4, -0.2) is 69.7 Å². The molecule has 0 unspecified atom stereocenters. The zero-order valence-corrected chi connectivity index (χ0v) is 19.7. The maximum Gasteiger partial charge on any atom is 0.374 e. The van der Waals surface area contributed by atoms with E-state index in [2.05, 4.69) is 9.48 Å². The third-order valence-corrected chi connectivity index (χ3v) is 6.68. The number of aromatic carboxylic acids is 2. The SMILES string of the molecule is CN1C(=CC=CC2=[N+](C)c3ccc(C(=O)[O-])cc3[N+]2(C)C)[N+](C)(C)c2cc(C(=O)O)ccc21. The maximum atomic E-state index is 11.4. The van der Waals surface area contributed by atoms with Gasteiger partial charge in [-0.2, -0.15) is 0 Å². The minimum atomic E-state index is -1.19. The summed E-state index contributed by atoms with van der Waals surface area (Å²) in [5.74, 6) is -0.162. The Kier molecular flexibility index (Phi) is 5.03. The van der Waals surface area contributed by atoms with Crippen LogP contribution in [0.4, 0.5) is 22.7 Å². The van der Waals surface area contributed by atoms with Crippen molar-refractivity contribution >= 4 is 40.5 Å². The van der Waals surface area contributed by atoms with Gasteiger partial charge in [0.2, 0.25) is 11.5 Å². The lowest BCUT2D eigenvalue weighted by atomic mass is 10.1. The van der Waals surface area contributed by atoms with Gasteiger partial charge < -0.3 is 15.0 Å². The second-order valence-electron chi connectivity index (χ2n) is 9.27. The summed E-state index contributed by atoms with van der Waals surface area (Å²) >= 11 is 0. The lowest BCUT2D eigenvalue weighted by molar-refractivity contribution is -0.401. The van der Waals surface area contributed by atoms with Gasteiger partial charge in [0.25, 0.3) is 5.69 Å². The highest BCUT2D eigenvalue weighted by Crippen LogP contribution is 2.44. The molecule has 0 aromatic heterocycles. The first-order chi connectivity index (χ1) is 15.4. The second-order valence-corrected chi connectivity index (χ2v) is 9.27. The summed E-state index contributed by atoms with van der Waals surface area (Å²) in [7, 11) is 12.0. The molecule has 2 aromatic rings. The van der Waals surface area contributed by atoms with E-state index in [1.165, 1.54) is 0 Å². The fraction of sp³-hybridized carbons (Fsp3) is 0.240. The molecular formula is C25H28N4O4+2. The molecule has 2 aliphatic rings. The first kappa shape index (κ1) is 22.4. The minimum Gasteiger partial charge on any atom is -0.545 e. The van der Waals surface area contributed by atoms with Crippen LogP contribution < -0.4 is 19.0 Å². The van der Waals surface area contributed by atoms with Crippen molar-refractivity contribution in [3.8, 4) is 0 Å². The third-order valence-electron chi connectivity index (χ3n) is 6.68. The van der Waals surface area contributed by atoms with Crippen LogP contribution in [-0.2, 0) is 0 Å². The number of carbonyl (C=O) groups is 2. The standard InChI is InChI=1S/C25H27N4O4/c1-26-18-12-10-16(24(30)31)14-20(18)28(3,4)22(26)8-7-9-23-27(2)19-13-11-17(25(32)33)15-21(19)29(23,5)6/h7-15H,1-6H3/q+1/p+1. The van der Waals surface area contributed by atoms with Crippen molar-refractivity contribution < 1.29 is 24.4 Å². The van der Waals surface area contributed by atoms with Crippen LogP contribution in [0.2, 0.25) is 0 Å². The number of carboxylic acid groups (broad SMARTS) is 2. The summed E-state index contributed by atoms with van der Waals surface area (Å²) < 4.78 is 2.86. The van der Waals surface area contributed by atoms with Crippen LogP contribution in [0.25, 0.3) is 0 Å². The summed E-state index contributed by atoms with van der Waals surface area (Å²) in [6.45, 7) is 0. The highest BCUT2D eigenvalue weighted by molar-refractivity contribution is 6.04. The average molecular weight is 449 g/mol. The molecule has 0 saturated carbocycles. The number of fused-ring (bicyclic) bond motifs is 2. The smallest absolute Gasteiger partial charge is 0.374 e. The molecule has 0 fully saturated rings. The monoisotopic (exact) mass is 448 g/mol. The van der Waals surface area contributed by atoms with Crippen molar-refractivity contribution in [1.82, 2.24) is 8.97 Å². The highest BCUT2D eigenvalue weighted by atomic mass is 16.4. The zero-order chi connectivity index (χ0) is 24.3. The van der Waals surface area contributed by atoms with E-state index in [1.807, 2.05) is 66.6 Å². The number of carbonyl (C=O) groups excluding carboxylic acids is 1. The van der Waals surface area contributed by atoms with E-state index in [0.717, 1.165) is 34.4 Å². The molecule has 4 rings (SSSR count). The van der Waals surface area contributed by atoms with Gasteiger partial charge in [-0.05, 0) is 24.3 Å². The molecule has 0 aliphatic carbocycles. The number of likely N-dealkylation sites (N-methyl/N-ethyl adjacent to an activating group) is 1. The topological polar surface area (TPSA) is 83.7 Å². The largest absolute Gasteiger partial charge is 0.545 e. The predicted octanol–water partition coefficient (Wildman–Crippen LogP) is 2.12. The number of rotatable bonds is 4. The highest BCUT2D eigenvalue weighted by Gasteiger charge is 2.45. The molecule has 0 saturated heterocycles. The number of hydrogen-bond acceptors (Lipinski definition) is 4. The Hall–Kier alpha value is -3.75. The van der Waals surface area contributed by atoms with Gasteiger partial charge in [0.1, 0.15) is 12.7 Å². The van der Waals surface area contributed by atoms with Crippen molar-refractivity contribution in [3.63, 3.8) is 0 Å². The Balaban J connectivity index is 1.70. The Labute approximate surface area is 193 Å². The molecule has 0 radical (unpaired) electrons. The summed E-state index contributed by atoms with van der Waals surface area (Å²) in [5.41, 5.74) is 4.13. The van der Waals surface area contributed by atoms with Gasteiger partial charge in [-0.1, -0.05) is 0 Å². The quantitative estimate of drug-likeness (QED) is 0.572. The van der Waals surface area contributed by atoms with E-state index in [4.69, 9.17) is 0 Å². The Morgan fingerprint density at radius 3 is 2.27 bits per heavy atom. The Bertz CT molecular complexity index is 1300. The zero-order valence-electron chi connectivity index (χ0n) is 19.7. The maximum absolute atomic E-state index is 11.4. The molecule has 33 heavy (non-hydrogen) atoms. The van der Waals surface area contributed by atoms with Crippen molar-refractivity contribution in [2.75, 3.05) is 47.2 Å². The fourth-order valence-electron chi connectivity index (χ4n) is 4.83. The molecule has 8 heteroatoms. The molecule has 0 spiro atoms. The molecule has 1 N–H and O–H groups in total. The number of allylic oxidation sites excluding steroid dienone is 2.